The normalized spacial score (nSPS) is 11.0. The molecule has 7 nitrogen and oxygen atoms in total. The summed E-state index contributed by atoms with van der Waals surface area (Å²) in [5.74, 6) is -0.566. The van der Waals surface area contributed by atoms with E-state index in [0.29, 0.717) is 16.9 Å². The second-order valence-electron chi connectivity index (χ2n) is 7.50. The smallest absolute Gasteiger partial charge is 0.262 e. The minimum Gasteiger partial charge on any atom is -0.322 e. The van der Waals surface area contributed by atoms with Crippen molar-refractivity contribution < 1.29 is 18.0 Å². The van der Waals surface area contributed by atoms with E-state index in [1.54, 1.807) is 74.6 Å². The zero-order valence-electron chi connectivity index (χ0n) is 18.3. The lowest BCUT2D eigenvalue weighted by Crippen LogP contribution is -2.22. The first kappa shape index (κ1) is 23.0. The van der Waals surface area contributed by atoms with Crippen LogP contribution in [0.25, 0.3) is 0 Å². The summed E-state index contributed by atoms with van der Waals surface area (Å²) in [6.45, 7) is 5.00. The molecule has 2 amide bonds. The summed E-state index contributed by atoms with van der Waals surface area (Å²) >= 11 is 0. The number of nitrogens with zero attached hydrogens (tertiary/aromatic N) is 1. The fourth-order valence-corrected chi connectivity index (χ4v) is 4.53. The van der Waals surface area contributed by atoms with Gasteiger partial charge in [-0.2, -0.15) is 0 Å². The molecular formula is C24H25N3O4S. The maximum Gasteiger partial charge on any atom is 0.262 e. The van der Waals surface area contributed by atoms with Crippen molar-refractivity contribution in [1.29, 1.82) is 0 Å². The Balaban J connectivity index is 1.84. The third kappa shape index (κ3) is 5.15. The van der Waals surface area contributed by atoms with Crippen molar-refractivity contribution in [2.75, 3.05) is 22.0 Å². The fraction of sp³-hybridized carbons (Fsp3) is 0.167. The minimum atomic E-state index is -3.89. The summed E-state index contributed by atoms with van der Waals surface area (Å²) in [6, 6.07) is 18.4. The molecule has 0 aromatic heterocycles. The predicted molar refractivity (Wildman–Crippen MR) is 127 cm³/mol. The Labute approximate surface area is 188 Å². The molecule has 0 atom stereocenters. The van der Waals surface area contributed by atoms with Crippen LogP contribution >= 0.6 is 0 Å². The van der Waals surface area contributed by atoms with Gasteiger partial charge in [0.1, 0.15) is 0 Å². The van der Waals surface area contributed by atoms with Crippen LogP contribution in [0.5, 0.6) is 0 Å². The Kier molecular flexibility index (Phi) is 6.64. The highest BCUT2D eigenvalue weighted by Gasteiger charge is 2.20. The number of hydrogen-bond acceptors (Lipinski definition) is 4. The van der Waals surface area contributed by atoms with E-state index in [-0.39, 0.29) is 22.1 Å². The first-order valence-electron chi connectivity index (χ1n) is 9.93. The summed E-state index contributed by atoms with van der Waals surface area (Å²) in [6.07, 6.45) is 0. The van der Waals surface area contributed by atoms with Crippen molar-refractivity contribution in [3.63, 3.8) is 0 Å². The van der Waals surface area contributed by atoms with Gasteiger partial charge in [-0.05, 0) is 67.4 Å². The SMILES string of the molecule is CC(=O)N(C)c1ccc(NC(=O)c2ccccc2NS(=O)(=O)c2cc(C)ccc2C)cc1. The molecule has 0 aliphatic carbocycles. The number of rotatable bonds is 6. The van der Waals surface area contributed by atoms with Crippen LogP contribution in [0, 0.1) is 13.8 Å². The van der Waals surface area contributed by atoms with Gasteiger partial charge in [0.2, 0.25) is 5.91 Å². The summed E-state index contributed by atoms with van der Waals surface area (Å²) < 4.78 is 28.5. The van der Waals surface area contributed by atoms with E-state index in [4.69, 9.17) is 0 Å². The summed E-state index contributed by atoms with van der Waals surface area (Å²) in [7, 11) is -2.23. The van der Waals surface area contributed by atoms with Gasteiger partial charge in [-0.1, -0.05) is 24.3 Å². The largest absolute Gasteiger partial charge is 0.322 e. The van der Waals surface area contributed by atoms with E-state index in [2.05, 4.69) is 10.0 Å². The van der Waals surface area contributed by atoms with E-state index in [9.17, 15) is 18.0 Å². The average Bonchev–Trinajstić information content (AvgIpc) is 2.75. The van der Waals surface area contributed by atoms with E-state index < -0.39 is 15.9 Å². The molecule has 3 aromatic rings. The van der Waals surface area contributed by atoms with Crippen molar-refractivity contribution in [2.45, 2.75) is 25.7 Å². The van der Waals surface area contributed by atoms with Crippen LogP contribution in [0.15, 0.2) is 71.6 Å². The van der Waals surface area contributed by atoms with E-state index >= 15 is 0 Å². The Morgan fingerprint density at radius 2 is 1.56 bits per heavy atom. The Bertz CT molecular complexity index is 1270. The fourth-order valence-electron chi connectivity index (χ4n) is 3.12. The van der Waals surface area contributed by atoms with Gasteiger partial charge in [-0.15, -0.1) is 0 Å². The molecule has 0 aliphatic heterocycles. The molecule has 32 heavy (non-hydrogen) atoms. The lowest BCUT2D eigenvalue weighted by Gasteiger charge is -2.16. The van der Waals surface area contributed by atoms with Gasteiger partial charge in [-0.3, -0.25) is 14.3 Å². The van der Waals surface area contributed by atoms with Gasteiger partial charge >= 0.3 is 0 Å². The molecule has 0 aliphatic rings. The molecule has 0 unspecified atom stereocenters. The number of carbonyl (C=O) groups is 2. The maximum absolute atomic E-state index is 13.0. The summed E-state index contributed by atoms with van der Waals surface area (Å²) in [5.41, 5.74) is 3.01. The Morgan fingerprint density at radius 3 is 2.22 bits per heavy atom. The van der Waals surface area contributed by atoms with Crippen molar-refractivity contribution in [1.82, 2.24) is 0 Å². The number of amides is 2. The van der Waals surface area contributed by atoms with Crippen LogP contribution in [0.3, 0.4) is 0 Å². The molecule has 166 valence electrons. The summed E-state index contributed by atoms with van der Waals surface area (Å²) in [5, 5.41) is 2.76. The standard InChI is InChI=1S/C24H25N3O4S/c1-16-9-10-17(2)23(15-16)32(30,31)26-22-8-6-5-7-21(22)24(29)25-19-11-13-20(14-12-19)27(4)18(3)28/h5-15,26H,1-4H3,(H,25,29). The van der Waals surface area contributed by atoms with Gasteiger partial charge in [0.25, 0.3) is 15.9 Å². The minimum absolute atomic E-state index is 0.105. The molecule has 0 saturated heterocycles. The van der Waals surface area contributed by atoms with Crippen LogP contribution in [0.4, 0.5) is 17.1 Å². The first-order valence-corrected chi connectivity index (χ1v) is 11.4. The Hall–Kier alpha value is -3.65. The molecule has 0 heterocycles. The third-order valence-corrected chi connectivity index (χ3v) is 6.54. The van der Waals surface area contributed by atoms with E-state index in [1.807, 2.05) is 13.0 Å². The van der Waals surface area contributed by atoms with E-state index in [0.717, 1.165) is 5.56 Å². The maximum atomic E-state index is 13.0. The van der Waals surface area contributed by atoms with Gasteiger partial charge in [0.15, 0.2) is 0 Å². The molecule has 0 fully saturated rings. The van der Waals surface area contributed by atoms with Crippen molar-refractivity contribution in [3.05, 3.63) is 83.4 Å². The third-order valence-electron chi connectivity index (χ3n) is 5.03. The molecule has 0 spiro atoms. The van der Waals surface area contributed by atoms with Crippen LogP contribution in [0.2, 0.25) is 0 Å². The van der Waals surface area contributed by atoms with Gasteiger partial charge in [-0.25, -0.2) is 8.42 Å². The molecular weight excluding hydrogens is 426 g/mol. The van der Waals surface area contributed by atoms with Crippen molar-refractivity contribution in [2.24, 2.45) is 0 Å². The van der Waals surface area contributed by atoms with E-state index in [1.165, 1.54) is 11.8 Å². The number of anilines is 3. The van der Waals surface area contributed by atoms with Gasteiger partial charge in [0.05, 0.1) is 16.1 Å². The molecule has 0 bridgehead atoms. The monoisotopic (exact) mass is 451 g/mol. The number of nitrogens with one attached hydrogen (secondary N) is 2. The van der Waals surface area contributed by atoms with Crippen molar-refractivity contribution >= 4 is 38.9 Å². The molecule has 2 N–H and O–H groups in total. The predicted octanol–water partition coefficient (Wildman–Crippen LogP) is 4.34. The second-order valence-corrected chi connectivity index (χ2v) is 9.15. The molecule has 0 saturated carbocycles. The highest BCUT2D eigenvalue weighted by Crippen LogP contribution is 2.24. The lowest BCUT2D eigenvalue weighted by molar-refractivity contribution is -0.116. The Morgan fingerprint density at radius 1 is 0.906 bits per heavy atom. The number of carbonyl (C=O) groups excluding carboxylic acids is 2. The number of sulfonamides is 1. The first-order chi connectivity index (χ1) is 15.1. The van der Waals surface area contributed by atoms with Crippen LogP contribution in [-0.4, -0.2) is 27.3 Å². The lowest BCUT2D eigenvalue weighted by atomic mass is 10.1. The van der Waals surface area contributed by atoms with Crippen LogP contribution in [0.1, 0.15) is 28.4 Å². The van der Waals surface area contributed by atoms with Gasteiger partial charge < -0.3 is 10.2 Å². The highest BCUT2D eigenvalue weighted by molar-refractivity contribution is 7.92. The topological polar surface area (TPSA) is 95.6 Å². The van der Waals surface area contributed by atoms with Crippen LogP contribution < -0.4 is 14.9 Å². The molecule has 0 radical (unpaired) electrons. The number of hydrogen-bond donors (Lipinski definition) is 2. The zero-order chi connectivity index (χ0) is 23.5. The molecule has 8 heteroatoms. The molecule has 3 rings (SSSR count). The summed E-state index contributed by atoms with van der Waals surface area (Å²) in [4.78, 5) is 26.0. The average molecular weight is 452 g/mol. The number of para-hydroxylation sites is 1. The molecule has 3 aromatic carbocycles. The van der Waals surface area contributed by atoms with Gasteiger partial charge in [0, 0.05) is 25.3 Å². The number of benzene rings is 3. The van der Waals surface area contributed by atoms with Crippen molar-refractivity contribution in [3.8, 4) is 0 Å². The number of aryl methyl sites for hydroxylation is 2. The zero-order valence-corrected chi connectivity index (χ0v) is 19.2. The highest BCUT2D eigenvalue weighted by atomic mass is 32.2. The second kappa shape index (κ2) is 9.23. The quantitative estimate of drug-likeness (QED) is 0.583. The van der Waals surface area contributed by atoms with Crippen LogP contribution in [-0.2, 0) is 14.8 Å².